The zero-order valence-electron chi connectivity index (χ0n) is 10.8. The lowest BCUT2D eigenvalue weighted by Crippen LogP contribution is -2.26. The Hall–Kier alpha value is -2.31. The first-order valence-electron chi connectivity index (χ1n) is 5.32. The Labute approximate surface area is 110 Å². The van der Waals surface area contributed by atoms with Crippen LogP contribution in [0.3, 0.4) is 0 Å². The third-order valence-electron chi connectivity index (χ3n) is 1.75. The van der Waals surface area contributed by atoms with Crippen LogP contribution in [0.15, 0.2) is 24.3 Å². The van der Waals surface area contributed by atoms with Crippen LogP contribution in [0.4, 0.5) is 4.79 Å². The van der Waals surface area contributed by atoms with Crippen molar-refractivity contribution in [3.63, 3.8) is 0 Å². The van der Waals surface area contributed by atoms with E-state index >= 15 is 0 Å². The highest BCUT2D eigenvalue weighted by Crippen LogP contribution is 2.06. The minimum absolute atomic E-state index is 0.0953. The third kappa shape index (κ3) is 7.58. The lowest BCUT2D eigenvalue weighted by Gasteiger charge is -2.16. The Kier molecular flexibility index (Phi) is 6.95. The fourth-order valence-electron chi connectivity index (χ4n) is 0.845. The maximum absolute atomic E-state index is 11.2. The van der Waals surface area contributed by atoms with Gasteiger partial charge in [-0.25, -0.2) is 14.4 Å². The summed E-state index contributed by atoms with van der Waals surface area (Å²) < 4.78 is 13.8. The molecule has 0 heterocycles. The molecule has 0 aromatic carbocycles. The molecule has 19 heavy (non-hydrogen) atoms. The number of ether oxygens (including phenoxy) is 3. The molecule has 1 N–H and O–H groups in total. The van der Waals surface area contributed by atoms with Gasteiger partial charge in [0.15, 0.2) is 0 Å². The molecule has 0 amide bonds. The molecule has 0 aliphatic heterocycles. The van der Waals surface area contributed by atoms with Crippen LogP contribution in [0.1, 0.15) is 20.3 Å². The van der Waals surface area contributed by atoms with Crippen molar-refractivity contribution >= 4 is 18.1 Å². The van der Waals surface area contributed by atoms with Gasteiger partial charge >= 0.3 is 18.1 Å². The van der Waals surface area contributed by atoms with Gasteiger partial charge in [0.05, 0.1) is 13.0 Å². The number of hydrogen-bond acceptors (Lipinski definition) is 6. The maximum atomic E-state index is 11.2. The molecule has 0 bridgehead atoms. The number of carbonyl (C=O) groups excluding carboxylic acids is 2. The van der Waals surface area contributed by atoms with E-state index in [4.69, 9.17) is 14.6 Å². The van der Waals surface area contributed by atoms with Crippen LogP contribution in [-0.4, -0.2) is 36.1 Å². The highest BCUT2D eigenvalue weighted by Gasteiger charge is 2.19. The van der Waals surface area contributed by atoms with Gasteiger partial charge in [-0.05, 0) is 13.8 Å². The van der Waals surface area contributed by atoms with Crippen LogP contribution in [0.25, 0.3) is 0 Å². The molecule has 0 aromatic heterocycles. The third-order valence-corrected chi connectivity index (χ3v) is 1.75. The molecule has 0 radical (unpaired) electrons. The molecule has 0 saturated carbocycles. The van der Waals surface area contributed by atoms with E-state index in [1.165, 1.54) is 13.8 Å². The standard InChI is InChI=1S/C12H16O7/c1-7(2)10(13)17-6-5-9(19-12(15)16)18-11(14)8(3)4/h9H,1,3,5-6H2,2,4H3,(H,15,16). The Morgan fingerprint density at radius 2 is 1.58 bits per heavy atom. The molecule has 0 aromatic rings. The van der Waals surface area contributed by atoms with E-state index in [1.54, 1.807) is 0 Å². The minimum atomic E-state index is -1.61. The normalized spacial score (nSPS) is 11.1. The second-order valence-electron chi connectivity index (χ2n) is 3.70. The van der Waals surface area contributed by atoms with Gasteiger partial charge in [0, 0.05) is 11.1 Å². The molecule has 0 aliphatic carbocycles. The summed E-state index contributed by atoms with van der Waals surface area (Å²) >= 11 is 0. The number of rotatable bonds is 7. The average molecular weight is 272 g/mol. The predicted octanol–water partition coefficient (Wildman–Crippen LogP) is 1.64. The molecule has 0 saturated heterocycles. The van der Waals surface area contributed by atoms with Crippen LogP contribution in [0.5, 0.6) is 0 Å². The van der Waals surface area contributed by atoms with Crippen LogP contribution >= 0.6 is 0 Å². The van der Waals surface area contributed by atoms with Gasteiger partial charge in [0.25, 0.3) is 6.29 Å². The van der Waals surface area contributed by atoms with Gasteiger partial charge in [-0.3, -0.25) is 0 Å². The van der Waals surface area contributed by atoms with E-state index in [0.29, 0.717) is 0 Å². The molecule has 0 aliphatic rings. The Morgan fingerprint density at radius 3 is 2.00 bits per heavy atom. The van der Waals surface area contributed by atoms with Crippen molar-refractivity contribution in [2.45, 2.75) is 26.6 Å². The van der Waals surface area contributed by atoms with Crippen molar-refractivity contribution in [3.8, 4) is 0 Å². The molecule has 0 rings (SSSR count). The molecular formula is C12H16O7. The van der Waals surface area contributed by atoms with Crippen molar-refractivity contribution in [1.29, 1.82) is 0 Å². The van der Waals surface area contributed by atoms with E-state index < -0.39 is 24.4 Å². The van der Waals surface area contributed by atoms with E-state index in [0.717, 1.165) is 0 Å². The monoisotopic (exact) mass is 272 g/mol. The van der Waals surface area contributed by atoms with Crippen molar-refractivity contribution < 1.29 is 33.7 Å². The molecule has 7 heteroatoms. The quantitative estimate of drug-likeness (QED) is 0.427. The van der Waals surface area contributed by atoms with Gasteiger partial charge < -0.3 is 19.3 Å². The highest BCUT2D eigenvalue weighted by molar-refractivity contribution is 5.87. The van der Waals surface area contributed by atoms with Crippen molar-refractivity contribution in [1.82, 2.24) is 0 Å². The molecule has 7 nitrogen and oxygen atoms in total. The smallest absolute Gasteiger partial charge is 0.462 e. The Bertz CT molecular complexity index is 397. The summed E-state index contributed by atoms with van der Waals surface area (Å²) in [5.41, 5.74) is 0.299. The topological polar surface area (TPSA) is 99.1 Å². The summed E-state index contributed by atoms with van der Waals surface area (Å²) in [7, 11) is 0. The molecular weight excluding hydrogens is 256 g/mol. The average Bonchev–Trinajstić information content (AvgIpc) is 2.27. The van der Waals surface area contributed by atoms with E-state index in [2.05, 4.69) is 17.9 Å². The van der Waals surface area contributed by atoms with Crippen LogP contribution in [0.2, 0.25) is 0 Å². The second-order valence-corrected chi connectivity index (χ2v) is 3.70. The van der Waals surface area contributed by atoms with Crippen LogP contribution in [0, 0.1) is 0 Å². The first-order chi connectivity index (χ1) is 8.73. The minimum Gasteiger partial charge on any atom is -0.462 e. The van der Waals surface area contributed by atoms with E-state index in [1.807, 2.05) is 0 Å². The lowest BCUT2D eigenvalue weighted by atomic mass is 10.3. The Morgan fingerprint density at radius 1 is 1.05 bits per heavy atom. The number of hydrogen-bond donors (Lipinski definition) is 1. The lowest BCUT2D eigenvalue weighted by molar-refractivity contribution is -0.168. The van der Waals surface area contributed by atoms with Crippen molar-refractivity contribution in [2.75, 3.05) is 6.61 Å². The highest BCUT2D eigenvalue weighted by atomic mass is 16.8. The number of carbonyl (C=O) groups is 3. The summed E-state index contributed by atoms with van der Waals surface area (Å²) in [6.07, 6.45) is -3.09. The van der Waals surface area contributed by atoms with Gasteiger partial charge in [0.2, 0.25) is 0 Å². The molecule has 106 valence electrons. The number of esters is 2. The van der Waals surface area contributed by atoms with Gasteiger partial charge in [-0.1, -0.05) is 13.2 Å². The Balaban J connectivity index is 4.32. The van der Waals surface area contributed by atoms with Gasteiger partial charge in [-0.2, -0.15) is 0 Å². The van der Waals surface area contributed by atoms with Crippen LogP contribution < -0.4 is 0 Å². The first-order valence-corrected chi connectivity index (χ1v) is 5.32. The largest absolute Gasteiger partial charge is 0.508 e. The van der Waals surface area contributed by atoms with Crippen molar-refractivity contribution in [2.24, 2.45) is 0 Å². The van der Waals surface area contributed by atoms with Crippen LogP contribution in [-0.2, 0) is 23.8 Å². The first kappa shape index (κ1) is 16.7. The second kappa shape index (κ2) is 7.91. The van der Waals surface area contributed by atoms with Crippen molar-refractivity contribution in [3.05, 3.63) is 24.3 Å². The van der Waals surface area contributed by atoms with Gasteiger partial charge in [0.1, 0.15) is 0 Å². The van der Waals surface area contributed by atoms with E-state index in [9.17, 15) is 14.4 Å². The zero-order valence-corrected chi connectivity index (χ0v) is 10.8. The van der Waals surface area contributed by atoms with Gasteiger partial charge in [-0.15, -0.1) is 0 Å². The fourth-order valence-corrected chi connectivity index (χ4v) is 0.845. The SMILES string of the molecule is C=C(C)C(=O)OCCC(OC(=O)O)OC(=O)C(=C)C. The summed E-state index contributed by atoms with van der Waals surface area (Å²) in [4.78, 5) is 32.7. The fraction of sp³-hybridized carbons (Fsp3) is 0.417. The number of carboxylic acid groups (broad SMARTS) is 1. The molecule has 1 atom stereocenters. The molecule has 0 spiro atoms. The summed E-state index contributed by atoms with van der Waals surface area (Å²) in [5, 5.41) is 8.47. The summed E-state index contributed by atoms with van der Waals surface area (Å²) in [6.45, 7) is 9.42. The molecule has 1 unspecified atom stereocenters. The summed E-state index contributed by atoms with van der Waals surface area (Å²) in [5.74, 6) is -1.42. The predicted molar refractivity (Wildman–Crippen MR) is 64.2 cm³/mol. The summed E-state index contributed by atoms with van der Waals surface area (Å²) in [6, 6.07) is 0. The zero-order chi connectivity index (χ0) is 15.0. The molecule has 0 fully saturated rings. The van der Waals surface area contributed by atoms with E-state index in [-0.39, 0.29) is 24.2 Å². The maximum Gasteiger partial charge on any atom is 0.508 e.